The standard InChI is InChI=1S/C10H9N3O3/c14-8-5-11-10(13-8)12-7-3-1-2-6(4-7)9(15)16/h1-5,14H,(H,15,16)(H2,11,12,13). The second-order valence-corrected chi connectivity index (χ2v) is 3.13. The summed E-state index contributed by atoms with van der Waals surface area (Å²) >= 11 is 0. The van der Waals surface area contributed by atoms with Crippen molar-refractivity contribution in [1.82, 2.24) is 9.97 Å². The summed E-state index contributed by atoms with van der Waals surface area (Å²) in [4.78, 5) is 17.1. The van der Waals surface area contributed by atoms with Crippen molar-refractivity contribution in [2.24, 2.45) is 0 Å². The first-order valence-corrected chi connectivity index (χ1v) is 4.49. The minimum absolute atomic E-state index is 0.0584. The van der Waals surface area contributed by atoms with E-state index in [0.717, 1.165) is 0 Å². The number of aromatic carboxylic acids is 1. The van der Waals surface area contributed by atoms with Crippen LogP contribution in [0.4, 0.5) is 11.6 Å². The number of aromatic amines is 1. The van der Waals surface area contributed by atoms with Gasteiger partial charge in [0.2, 0.25) is 11.8 Å². The normalized spacial score (nSPS) is 10.0. The fraction of sp³-hybridized carbons (Fsp3) is 0. The Hall–Kier alpha value is -2.50. The minimum Gasteiger partial charge on any atom is -0.493 e. The highest BCUT2D eigenvalue weighted by Crippen LogP contribution is 2.16. The summed E-state index contributed by atoms with van der Waals surface area (Å²) in [5.74, 6) is -0.706. The molecule has 0 saturated carbocycles. The molecule has 0 amide bonds. The zero-order valence-corrected chi connectivity index (χ0v) is 8.14. The van der Waals surface area contributed by atoms with Crippen LogP contribution in [0, 0.1) is 0 Å². The van der Waals surface area contributed by atoms with Gasteiger partial charge in [0.05, 0.1) is 11.8 Å². The highest BCUT2D eigenvalue weighted by molar-refractivity contribution is 5.88. The van der Waals surface area contributed by atoms with Gasteiger partial charge in [0.25, 0.3) is 0 Å². The van der Waals surface area contributed by atoms with Crippen LogP contribution in [0.1, 0.15) is 10.4 Å². The molecule has 82 valence electrons. The Labute approximate surface area is 90.6 Å². The van der Waals surface area contributed by atoms with E-state index in [1.807, 2.05) is 0 Å². The first kappa shape index (κ1) is 10.0. The molecule has 16 heavy (non-hydrogen) atoms. The smallest absolute Gasteiger partial charge is 0.335 e. The van der Waals surface area contributed by atoms with Gasteiger partial charge < -0.3 is 15.5 Å². The number of carboxylic acids is 1. The number of hydrogen-bond donors (Lipinski definition) is 4. The fourth-order valence-electron chi connectivity index (χ4n) is 1.24. The second-order valence-electron chi connectivity index (χ2n) is 3.13. The fourth-order valence-corrected chi connectivity index (χ4v) is 1.24. The van der Waals surface area contributed by atoms with Crippen LogP contribution in [-0.4, -0.2) is 26.2 Å². The number of anilines is 2. The zero-order valence-electron chi connectivity index (χ0n) is 8.14. The summed E-state index contributed by atoms with van der Waals surface area (Å²) in [6.45, 7) is 0. The Balaban J connectivity index is 2.21. The number of rotatable bonds is 3. The van der Waals surface area contributed by atoms with Crippen LogP contribution in [-0.2, 0) is 0 Å². The Morgan fingerprint density at radius 1 is 1.44 bits per heavy atom. The third-order valence-corrected chi connectivity index (χ3v) is 1.93. The Bertz CT molecular complexity index is 522. The molecule has 0 spiro atoms. The van der Waals surface area contributed by atoms with Crippen LogP contribution >= 0.6 is 0 Å². The molecule has 0 atom stereocenters. The van der Waals surface area contributed by atoms with Gasteiger partial charge in [0, 0.05) is 5.69 Å². The molecule has 0 aliphatic carbocycles. The summed E-state index contributed by atoms with van der Waals surface area (Å²) in [5.41, 5.74) is 0.759. The number of nitrogens with zero attached hydrogens (tertiary/aromatic N) is 1. The lowest BCUT2D eigenvalue weighted by Gasteiger charge is -2.03. The predicted molar refractivity (Wildman–Crippen MR) is 56.9 cm³/mol. The number of aromatic hydroxyl groups is 1. The van der Waals surface area contributed by atoms with Crippen molar-refractivity contribution in [2.45, 2.75) is 0 Å². The Kier molecular flexibility index (Phi) is 2.47. The van der Waals surface area contributed by atoms with E-state index >= 15 is 0 Å². The lowest BCUT2D eigenvalue weighted by Crippen LogP contribution is -1.98. The largest absolute Gasteiger partial charge is 0.493 e. The van der Waals surface area contributed by atoms with Crippen molar-refractivity contribution in [3.05, 3.63) is 36.0 Å². The number of carboxylic acid groups (broad SMARTS) is 1. The van der Waals surface area contributed by atoms with E-state index in [0.29, 0.717) is 11.6 Å². The molecule has 2 aromatic rings. The summed E-state index contributed by atoms with van der Waals surface area (Å²) in [6, 6.07) is 6.29. The van der Waals surface area contributed by atoms with Gasteiger partial charge in [-0.15, -0.1) is 0 Å². The van der Waals surface area contributed by atoms with Crippen LogP contribution in [0.25, 0.3) is 0 Å². The van der Waals surface area contributed by atoms with Crippen molar-refractivity contribution < 1.29 is 15.0 Å². The molecule has 0 radical (unpaired) electrons. The number of aromatic nitrogens is 2. The number of hydrogen-bond acceptors (Lipinski definition) is 4. The maximum atomic E-state index is 10.7. The number of nitrogens with one attached hydrogen (secondary N) is 2. The quantitative estimate of drug-likeness (QED) is 0.627. The van der Waals surface area contributed by atoms with Gasteiger partial charge in [0.15, 0.2) is 0 Å². The summed E-state index contributed by atoms with van der Waals surface area (Å²) in [7, 11) is 0. The molecule has 6 heteroatoms. The third kappa shape index (κ3) is 2.11. The Morgan fingerprint density at radius 3 is 2.88 bits per heavy atom. The van der Waals surface area contributed by atoms with E-state index < -0.39 is 5.97 Å². The average Bonchev–Trinajstić information content (AvgIpc) is 2.64. The minimum atomic E-state index is -0.994. The molecule has 0 unspecified atom stereocenters. The number of benzene rings is 1. The van der Waals surface area contributed by atoms with Gasteiger partial charge in [-0.3, -0.25) is 4.98 Å². The lowest BCUT2D eigenvalue weighted by atomic mass is 10.2. The van der Waals surface area contributed by atoms with Crippen LogP contribution in [0.3, 0.4) is 0 Å². The van der Waals surface area contributed by atoms with Crippen molar-refractivity contribution in [3.8, 4) is 5.88 Å². The van der Waals surface area contributed by atoms with Crippen molar-refractivity contribution in [2.75, 3.05) is 5.32 Å². The first-order chi connectivity index (χ1) is 7.65. The molecule has 0 aliphatic heterocycles. The highest BCUT2D eigenvalue weighted by atomic mass is 16.4. The Morgan fingerprint density at radius 2 is 2.25 bits per heavy atom. The molecule has 6 nitrogen and oxygen atoms in total. The lowest BCUT2D eigenvalue weighted by molar-refractivity contribution is 0.0697. The highest BCUT2D eigenvalue weighted by Gasteiger charge is 2.04. The molecule has 2 rings (SSSR count). The molecule has 4 N–H and O–H groups in total. The number of H-pyrrole nitrogens is 1. The van der Waals surface area contributed by atoms with Gasteiger partial charge in [-0.25, -0.2) is 9.78 Å². The molecule has 0 saturated heterocycles. The van der Waals surface area contributed by atoms with E-state index in [4.69, 9.17) is 10.2 Å². The maximum Gasteiger partial charge on any atom is 0.335 e. The SMILES string of the molecule is O=C(O)c1cccc(Nc2ncc(O)[nH]2)c1. The topological polar surface area (TPSA) is 98.2 Å². The van der Waals surface area contributed by atoms with Gasteiger partial charge in [-0.05, 0) is 18.2 Å². The molecule has 0 bridgehead atoms. The number of imidazole rings is 1. The molecule has 0 aliphatic rings. The van der Waals surface area contributed by atoms with Crippen molar-refractivity contribution in [3.63, 3.8) is 0 Å². The molecular weight excluding hydrogens is 210 g/mol. The predicted octanol–water partition coefficient (Wildman–Crippen LogP) is 1.56. The van der Waals surface area contributed by atoms with Gasteiger partial charge in [-0.1, -0.05) is 6.07 Å². The second kappa shape index (κ2) is 3.93. The van der Waals surface area contributed by atoms with Crippen LogP contribution in [0.15, 0.2) is 30.5 Å². The third-order valence-electron chi connectivity index (χ3n) is 1.93. The van der Waals surface area contributed by atoms with Crippen molar-refractivity contribution >= 4 is 17.6 Å². The average molecular weight is 219 g/mol. The van der Waals surface area contributed by atoms with E-state index in [9.17, 15) is 4.79 Å². The monoisotopic (exact) mass is 219 g/mol. The molecular formula is C10H9N3O3. The molecule has 1 aromatic heterocycles. The maximum absolute atomic E-state index is 10.7. The van der Waals surface area contributed by atoms with E-state index in [1.165, 1.54) is 18.3 Å². The van der Waals surface area contributed by atoms with E-state index in [2.05, 4.69) is 15.3 Å². The molecule has 1 aromatic carbocycles. The van der Waals surface area contributed by atoms with E-state index in [-0.39, 0.29) is 11.4 Å². The molecule has 1 heterocycles. The van der Waals surface area contributed by atoms with Crippen LogP contribution in [0.2, 0.25) is 0 Å². The van der Waals surface area contributed by atoms with Gasteiger partial charge >= 0.3 is 5.97 Å². The van der Waals surface area contributed by atoms with Gasteiger partial charge in [-0.2, -0.15) is 0 Å². The van der Waals surface area contributed by atoms with E-state index in [1.54, 1.807) is 12.1 Å². The van der Waals surface area contributed by atoms with Crippen molar-refractivity contribution in [1.29, 1.82) is 0 Å². The first-order valence-electron chi connectivity index (χ1n) is 4.49. The summed E-state index contributed by atoms with van der Waals surface area (Å²) in [6.07, 6.45) is 1.25. The number of carbonyl (C=O) groups is 1. The van der Waals surface area contributed by atoms with Gasteiger partial charge in [0.1, 0.15) is 0 Å². The van der Waals surface area contributed by atoms with Crippen LogP contribution < -0.4 is 5.32 Å². The zero-order chi connectivity index (χ0) is 11.5. The molecule has 0 fully saturated rings. The van der Waals surface area contributed by atoms with Crippen LogP contribution in [0.5, 0.6) is 5.88 Å². The summed E-state index contributed by atoms with van der Waals surface area (Å²) < 4.78 is 0. The summed E-state index contributed by atoms with van der Waals surface area (Å²) in [5, 5.41) is 20.6.